The summed E-state index contributed by atoms with van der Waals surface area (Å²) in [6.45, 7) is 1.70. The normalized spacial score (nSPS) is 10.9. The molecule has 0 fully saturated rings. The molecule has 0 radical (unpaired) electrons. The number of nitrogens with one attached hydrogen (secondary N) is 1. The van der Waals surface area contributed by atoms with E-state index in [0.717, 1.165) is 17.5 Å². The lowest BCUT2D eigenvalue weighted by Crippen LogP contribution is -2.24. The summed E-state index contributed by atoms with van der Waals surface area (Å²) in [6, 6.07) is 14.9. The van der Waals surface area contributed by atoms with Gasteiger partial charge in [-0.2, -0.15) is 0 Å². The van der Waals surface area contributed by atoms with Crippen molar-refractivity contribution in [3.05, 3.63) is 64.1 Å². The summed E-state index contributed by atoms with van der Waals surface area (Å²) in [5.74, 6) is 0.815. The predicted molar refractivity (Wildman–Crippen MR) is 121 cm³/mol. The number of aromatic nitrogens is 3. The second-order valence-electron chi connectivity index (χ2n) is 6.48. The van der Waals surface area contributed by atoms with Crippen LogP contribution in [-0.2, 0) is 22.6 Å². The Labute approximate surface area is 189 Å². The van der Waals surface area contributed by atoms with Crippen molar-refractivity contribution in [3.8, 4) is 11.4 Å². The Balaban J connectivity index is 1.67. The van der Waals surface area contributed by atoms with Gasteiger partial charge in [-0.15, -0.1) is 10.2 Å². The van der Waals surface area contributed by atoms with Crippen molar-refractivity contribution in [3.63, 3.8) is 0 Å². The van der Waals surface area contributed by atoms with Crippen LogP contribution in [0.15, 0.2) is 53.7 Å². The maximum Gasteiger partial charge on any atom is 0.230 e. The molecule has 30 heavy (non-hydrogen) atoms. The zero-order chi connectivity index (χ0) is 21.3. The Bertz CT molecular complexity index is 997. The zero-order valence-electron chi connectivity index (χ0n) is 16.5. The fourth-order valence-corrected chi connectivity index (χ4v) is 4.06. The third-order valence-electron chi connectivity index (χ3n) is 4.27. The Morgan fingerprint density at radius 2 is 2.00 bits per heavy atom. The van der Waals surface area contributed by atoms with E-state index in [4.69, 9.17) is 27.9 Å². The van der Waals surface area contributed by atoms with E-state index in [0.29, 0.717) is 40.7 Å². The molecule has 1 aromatic heterocycles. The lowest BCUT2D eigenvalue weighted by molar-refractivity contribution is -0.118. The van der Waals surface area contributed by atoms with Crippen molar-refractivity contribution < 1.29 is 9.53 Å². The third kappa shape index (κ3) is 6.22. The second kappa shape index (κ2) is 11.4. The van der Waals surface area contributed by atoms with E-state index in [1.165, 1.54) is 11.8 Å². The van der Waals surface area contributed by atoms with E-state index in [9.17, 15) is 4.79 Å². The molecule has 6 nitrogen and oxygen atoms in total. The number of carbonyl (C=O) groups excluding carboxylic acids is 1. The van der Waals surface area contributed by atoms with Crippen LogP contribution in [0.3, 0.4) is 0 Å². The van der Waals surface area contributed by atoms with Crippen LogP contribution < -0.4 is 5.32 Å². The summed E-state index contributed by atoms with van der Waals surface area (Å²) in [4.78, 5) is 12.3. The van der Waals surface area contributed by atoms with Gasteiger partial charge in [0.05, 0.1) is 10.8 Å². The Morgan fingerprint density at radius 3 is 2.77 bits per heavy atom. The number of rotatable bonds is 10. The van der Waals surface area contributed by atoms with Gasteiger partial charge >= 0.3 is 0 Å². The minimum atomic E-state index is -0.0919. The van der Waals surface area contributed by atoms with Gasteiger partial charge in [0.25, 0.3) is 0 Å². The van der Waals surface area contributed by atoms with Crippen LogP contribution in [0.1, 0.15) is 12.0 Å². The minimum absolute atomic E-state index is 0.0919. The molecule has 0 aliphatic carbocycles. The zero-order valence-corrected chi connectivity index (χ0v) is 18.8. The molecule has 0 aliphatic heterocycles. The molecule has 9 heteroatoms. The van der Waals surface area contributed by atoms with Crippen LogP contribution in [0.25, 0.3) is 11.4 Å². The first-order valence-electron chi connectivity index (χ1n) is 9.39. The summed E-state index contributed by atoms with van der Waals surface area (Å²) < 4.78 is 7.15. The van der Waals surface area contributed by atoms with Crippen LogP contribution in [-0.4, -0.2) is 40.1 Å². The molecular weight excluding hydrogens is 443 g/mol. The van der Waals surface area contributed by atoms with E-state index in [2.05, 4.69) is 15.5 Å². The molecule has 1 amide bonds. The maximum absolute atomic E-state index is 12.3. The quantitative estimate of drug-likeness (QED) is 0.347. The van der Waals surface area contributed by atoms with E-state index in [1.54, 1.807) is 13.2 Å². The van der Waals surface area contributed by atoms with E-state index in [1.807, 2.05) is 47.0 Å². The highest BCUT2D eigenvalue weighted by atomic mass is 35.5. The molecule has 158 valence electrons. The number of methoxy groups -OCH3 is 1. The van der Waals surface area contributed by atoms with Gasteiger partial charge in [0.2, 0.25) is 5.91 Å². The summed E-state index contributed by atoms with van der Waals surface area (Å²) in [7, 11) is 1.67. The number of benzene rings is 2. The molecular formula is C21H22Cl2N4O2S. The standard InChI is InChI=1S/C21H22Cl2N4O2S/c1-29-11-5-10-27-20(17-8-2-3-9-18(17)23)25-26-21(27)30-14-19(28)24-13-15-6-4-7-16(22)12-15/h2-4,6-9,12H,5,10-11,13-14H2,1H3,(H,24,28). The SMILES string of the molecule is COCCCn1c(SCC(=O)NCc2cccc(Cl)c2)nnc1-c1ccccc1Cl. The summed E-state index contributed by atoms with van der Waals surface area (Å²) in [6.07, 6.45) is 0.792. The number of amides is 1. The van der Waals surface area contributed by atoms with E-state index in [-0.39, 0.29) is 11.7 Å². The van der Waals surface area contributed by atoms with Crippen LogP contribution in [0, 0.1) is 0 Å². The second-order valence-corrected chi connectivity index (χ2v) is 8.27. The Morgan fingerprint density at radius 1 is 1.17 bits per heavy atom. The van der Waals surface area contributed by atoms with Gasteiger partial charge < -0.3 is 14.6 Å². The monoisotopic (exact) mass is 464 g/mol. The van der Waals surface area contributed by atoms with Crippen molar-refractivity contribution in [2.24, 2.45) is 0 Å². The first-order valence-corrected chi connectivity index (χ1v) is 11.1. The van der Waals surface area contributed by atoms with Crippen LogP contribution >= 0.6 is 35.0 Å². The summed E-state index contributed by atoms with van der Waals surface area (Å²) in [5, 5.41) is 13.4. The molecule has 0 saturated carbocycles. The Kier molecular flexibility index (Phi) is 8.57. The highest BCUT2D eigenvalue weighted by molar-refractivity contribution is 7.99. The van der Waals surface area contributed by atoms with Gasteiger partial charge in [0.1, 0.15) is 0 Å². The number of nitrogens with zero attached hydrogens (tertiary/aromatic N) is 3. The van der Waals surface area contributed by atoms with E-state index >= 15 is 0 Å². The van der Waals surface area contributed by atoms with Crippen molar-refractivity contribution in [1.29, 1.82) is 0 Å². The van der Waals surface area contributed by atoms with Gasteiger partial charge in [-0.05, 0) is 36.2 Å². The van der Waals surface area contributed by atoms with Crippen molar-refractivity contribution >= 4 is 40.9 Å². The topological polar surface area (TPSA) is 69.0 Å². The number of ether oxygens (including phenoxy) is 1. The van der Waals surface area contributed by atoms with Gasteiger partial charge in [0.15, 0.2) is 11.0 Å². The molecule has 2 aromatic carbocycles. The minimum Gasteiger partial charge on any atom is -0.385 e. The van der Waals surface area contributed by atoms with Gasteiger partial charge in [-0.3, -0.25) is 4.79 Å². The number of thioether (sulfide) groups is 1. The van der Waals surface area contributed by atoms with Crippen molar-refractivity contribution in [2.45, 2.75) is 24.7 Å². The smallest absolute Gasteiger partial charge is 0.230 e. The van der Waals surface area contributed by atoms with Gasteiger partial charge in [-0.25, -0.2) is 0 Å². The molecule has 0 atom stereocenters. The molecule has 3 aromatic rings. The molecule has 0 unspecified atom stereocenters. The predicted octanol–water partition coefficient (Wildman–Crippen LogP) is 4.70. The largest absolute Gasteiger partial charge is 0.385 e. The maximum atomic E-state index is 12.3. The fourth-order valence-electron chi connectivity index (χ4n) is 2.83. The lowest BCUT2D eigenvalue weighted by atomic mass is 10.2. The molecule has 0 bridgehead atoms. The van der Waals surface area contributed by atoms with Crippen LogP contribution in [0.2, 0.25) is 10.0 Å². The lowest BCUT2D eigenvalue weighted by Gasteiger charge is -2.11. The fraction of sp³-hybridized carbons (Fsp3) is 0.286. The number of hydrogen-bond donors (Lipinski definition) is 1. The number of carbonyl (C=O) groups is 1. The molecule has 1 heterocycles. The first kappa shape index (κ1) is 22.6. The molecule has 1 N–H and O–H groups in total. The van der Waals surface area contributed by atoms with Gasteiger partial charge in [-0.1, -0.05) is 59.2 Å². The molecule has 0 aliphatic rings. The summed E-state index contributed by atoms with van der Waals surface area (Å²) >= 11 is 13.7. The number of halogens is 2. The molecule has 0 spiro atoms. The highest BCUT2D eigenvalue weighted by Crippen LogP contribution is 2.29. The van der Waals surface area contributed by atoms with Crippen LogP contribution in [0.5, 0.6) is 0 Å². The number of hydrogen-bond acceptors (Lipinski definition) is 5. The van der Waals surface area contributed by atoms with E-state index < -0.39 is 0 Å². The third-order valence-corrected chi connectivity index (χ3v) is 5.80. The molecule has 0 saturated heterocycles. The average molecular weight is 465 g/mol. The Hall–Kier alpha value is -2.06. The molecule has 3 rings (SSSR count). The summed E-state index contributed by atoms with van der Waals surface area (Å²) in [5.41, 5.74) is 1.76. The highest BCUT2D eigenvalue weighted by Gasteiger charge is 2.17. The van der Waals surface area contributed by atoms with Gasteiger partial charge in [0, 0.05) is 37.4 Å². The van der Waals surface area contributed by atoms with Crippen molar-refractivity contribution in [1.82, 2.24) is 20.1 Å². The van der Waals surface area contributed by atoms with Crippen molar-refractivity contribution in [2.75, 3.05) is 19.5 Å². The van der Waals surface area contributed by atoms with Crippen LogP contribution in [0.4, 0.5) is 0 Å². The average Bonchev–Trinajstić information content (AvgIpc) is 3.14. The first-order chi connectivity index (χ1) is 14.6.